The van der Waals surface area contributed by atoms with E-state index in [0.717, 1.165) is 24.0 Å². The van der Waals surface area contributed by atoms with Crippen LogP contribution in [-0.2, 0) is 11.2 Å². The van der Waals surface area contributed by atoms with E-state index < -0.39 is 0 Å². The molecule has 0 amide bonds. The molecule has 1 aliphatic heterocycles. The van der Waals surface area contributed by atoms with Crippen LogP contribution in [0.25, 0.3) is 0 Å². The van der Waals surface area contributed by atoms with Gasteiger partial charge < -0.3 is 15.2 Å². The number of hydrogen-bond acceptors (Lipinski definition) is 4. The lowest BCUT2D eigenvalue weighted by Crippen LogP contribution is -2.52. The van der Waals surface area contributed by atoms with Gasteiger partial charge in [-0.25, -0.2) is 0 Å². The molecule has 5 heteroatoms. The predicted octanol–water partition coefficient (Wildman–Crippen LogP) is 1.65. The third-order valence-corrected chi connectivity index (χ3v) is 4.58. The van der Waals surface area contributed by atoms with Crippen molar-refractivity contribution in [3.05, 3.63) is 20.8 Å². The van der Waals surface area contributed by atoms with E-state index in [9.17, 15) is 5.11 Å². The second kappa shape index (κ2) is 5.60. The quantitative estimate of drug-likeness (QED) is 0.785. The van der Waals surface area contributed by atoms with Crippen LogP contribution in [0.4, 0.5) is 0 Å². The molecule has 1 aromatic rings. The van der Waals surface area contributed by atoms with Gasteiger partial charge in [-0.2, -0.15) is 0 Å². The molecule has 0 unspecified atom stereocenters. The van der Waals surface area contributed by atoms with Gasteiger partial charge in [-0.3, -0.25) is 0 Å². The summed E-state index contributed by atoms with van der Waals surface area (Å²) in [6.07, 6.45) is 1.04. The van der Waals surface area contributed by atoms with Crippen LogP contribution in [0.2, 0.25) is 0 Å². The molecule has 0 radical (unpaired) electrons. The molecule has 2 N–H and O–H groups in total. The van der Waals surface area contributed by atoms with Crippen LogP contribution in [0.5, 0.6) is 0 Å². The molecule has 1 aliphatic rings. The summed E-state index contributed by atoms with van der Waals surface area (Å²) in [4.78, 5) is 1.38. The number of ether oxygens (including phenoxy) is 1. The first-order chi connectivity index (χ1) is 7.74. The highest BCUT2D eigenvalue weighted by Gasteiger charge is 2.37. The minimum atomic E-state index is -0.0178. The van der Waals surface area contributed by atoms with E-state index in [4.69, 9.17) is 4.74 Å². The summed E-state index contributed by atoms with van der Waals surface area (Å²) >= 11 is 5.22. The lowest BCUT2D eigenvalue weighted by atomic mass is 9.87. The molecule has 1 aromatic heterocycles. The van der Waals surface area contributed by atoms with Crippen molar-refractivity contribution in [2.45, 2.75) is 6.42 Å². The number of rotatable bonds is 6. The van der Waals surface area contributed by atoms with Crippen LogP contribution < -0.4 is 5.32 Å². The number of aliphatic hydroxyl groups is 1. The van der Waals surface area contributed by atoms with Crippen LogP contribution in [-0.4, -0.2) is 38.0 Å². The van der Waals surface area contributed by atoms with E-state index in [1.54, 1.807) is 11.3 Å². The molecule has 0 aliphatic carbocycles. The summed E-state index contributed by atoms with van der Waals surface area (Å²) in [7, 11) is 0. The second-order valence-corrected chi connectivity index (χ2v) is 6.22. The topological polar surface area (TPSA) is 41.5 Å². The number of aliphatic hydroxyl groups excluding tert-OH is 1. The van der Waals surface area contributed by atoms with Gasteiger partial charge in [-0.15, -0.1) is 11.3 Å². The number of hydrogen-bond donors (Lipinski definition) is 2. The fraction of sp³-hybridized carbons (Fsp3) is 0.636. The Morgan fingerprint density at radius 3 is 2.88 bits per heavy atom. The smallest absolute Gasteiger partial charge is 0.0579 e. The van der Waals surface area contributed by atoms with Crippen molar-refractivity contribution >= 4 is 27.3 Å². The number of nitrogens with one attached hydrogen (secondary N) is 1. The summed E-state index contributed by atoms with van der Waals surface area (Å²) in [5, 5.41) is 14.7. The van der Waals surface area contributed by atoms with Crippen LogP contribution in [0.15, 0.2) is 15.9 Å². The molecule has 0 atom stereocenters. The van der Waals surface area contributed by atoms with Crippen molar-refractivity contribution in [2.24, 2.45) is 5.41 Å². The van der Waals surface area contributed by atoms with Crippen molar-refractivity contribution in [2.75, 3.05) is 32.9 Å². The highest BCUT2D eigenvalue weighted by molar-refractivity contribution is 9.10. The van der Waals surface area contributed by atoms with E-state index in [1.807, 2.05) is 0 Å². The maximum atomic E-state index is 9.23. The SMILES string of the molecule is OCC1(CNCCc2cc(Br)cs2)COC1. The zero-order chi connectivity index (χ0) is 11.4. The van der Waals surface area contributed by atoms with Crippen LogP contribution in [0, 0.1) is 5.41 Å². The van der Waals surface area contributed by atoms with Gasteiger partial charge in [0.25, 0.3) is 0 Å². The average Bonchev–Trinajstić information content (AvgIpc) is 2.62. The Hall–Kier alpha value is 0.0600. The maximum Gasteiger partial charge on any atom is 0.0579 e. The molecule has 16 heavy (non-hydrogen) atoms. The Morgan fingerprint density at radius 1 is 1.56 bits per heavy atom. The first kappa shape index (κ1) is 12.5. The molecule has 0 saturated carbocycles. The second-order valence-electron chi connectivity index (χ2n) is 4.31. The Kier molecular flexibility index (Phi) is 4.38. The Bertz CT molecular complexity index is 333. The van der Waals surface area contributed by atoms with E-state index in [1.165, 1.54) is 4.88 Å². The van der Waals surface area contributed by atoms with Gasteiger partial charge >= 0.3 is 0 Å². The van der Waals surface area contributed by atoms with Crippen LogP contribution in [0.3, 0.4) is 0 Å². The first-order valence-electron chi connectivity index (χ1n) is 5.36. The molecule has 1 saturated heterocycles. The monoisotopic (exact) mass is 305 g/mol. The minimum absolute atomic E-state index is 0.0178. The van der Waals surface area contributed by atoms with Crippen LogP contribution in [0.1, 0.15) is 4.88 Å². The highest BCUT2D eigenvalue weighted by atomic mass is 79.9. The van der Waals surface area contributed by atoms with Gasteiger partial charge in [0.1, 0.15) is 0 Å². The van der Waals surface area contributed by atoms with Crippen LogP contribution >= 0.6 is 27.3 Å². The van der Waals surface area contributed by atoms with Gasteiger partial charge in [0.2, 0.25) is 0 Å². The standard InChI is InChI=1S/C11H16BrNO2S/c12-9-3-10(16-4-9)1-2-13-5-11(6-14)7-15-8-11/h3-4,13-14H,1-2,5-8H2. The van der Waals surface area contributed by atoms with Gasteiger partial charge in [0.15, 0.2) is 0 Å². The third-order valence-electron chi connectivity index (χ3n) is 2.82. The third kappa shape index (κ3) is 3.05. The molecule has 0 bridgehead atoms. The fourth-order valence-corrected chi connectivity index (χ4v) is 3.15. The van der Waals surface area contributed by atoms with Gasteiger partial charge in [0, 0.05) is 21.3 Å². The zero-order valence-electron chi connectivity index (χ0n) is 9.04. The zero-order valence-corrected chi connectivity index (χ0v) is 11.4. The lowest BCUT2D eigenvalue weighted by molar-refractivity contribution is -0.134. The van der Waals surface area contributed by atoms with Gasteiger partial charge in [-0.05, 0) is 35.0 Å². The van der Waals surface area contributed by atoms with Crippen molar-refractivity contribution in [3.8, 4) is 0 Å². The molecule has 0 spiro atoms. The molecule has 0 aromatic carbocycles. The molecular weight excluding hydrogens is 290 g/mol. The number of thiophene rings is 1. The summed E-state index contributed by atoms with van der Waals surface area (Å²) < 4.78 is 6.30. The maximum absolute atomic E-state index is 9.23. The Labute approximate surface area is 108 Å². The predicted molar refractivity (Wildman–Crippen MR) is 68.9 cm³/mol. The molecule has 90 valence electrons. The summed E-state index contributed by atoms with van der Waals surface area (Å²) in [5.41, 5.74) is -0.0178. The van der Waals surface area contributed by atoms with Crippen molar-refractivity contribution < 1.29 is 9.84 Å². The largest absolute Gasteiger partial charge is 0.396 e. The number of halogens is 1. The minimum Gasteiger partial charge on any atom is -0.396 e. The Balaban J connectivity index is 1.65. The van der Waals surface area contributed by atoms with Crippen molar-refractivity contribution in [1.29, 1.82) is 0 Å². The molecule has 1 fully saturated rings. The fourth-order valence-electron chi connectivity index (χ4n) is 1.69. The van der Waals surface area contributed by atoms with Crippen molar-refractivity contribution in [1.82, 2.24) is 5.32 Å². The lowest BCUT2D eigenvalue weighted by Gasteiger charge is -2.40. The molecule has 2 rings (SSSR count). The molecule has 2 heterocycles. The molecular formula is C11H16BrNO2S. The Morgan fingerprint density at radius 2 is 2.38 bits per heavy atom. The van der Waals surface area contributed by atoms with E-state index in [2.05, 4.69) is 32.7 Å². The van der Waals surface area contributed by atoms with E-state index in [-0.39, 0.29) is 12.0 Å². The highest BCUT2D eigenvalue weighted by Crippen LogP contribution is 2.25. The van der Waals surface area contributed by atoms with Crippen molar-refractivity contribution in [3.63, 3.8) is 0 Å². The average molecular weight is 306 g/mol. The van der Waals surface area contributed by atoms with E-state index in [0.29, 0.717) is 13.2 Å². The van der Waals surface area contributed by atoms with Gasteiger partial charge in [-0.1, -0.05) is 0 Å². The summed E-state index contributed by atoms with van der Waals surface area (Å²) in [6, 6.07) is 2.15. The first-order valence-corrected chi connectivity index (χ1v) is 7.04. The summed E-state index contributed by atoms with van der Waals surface area (Å²) in [5.74, 6) is 0. The van der Waals surface area contributed by atoms with Gasteiger partial charge in [0.05, 0.1) is 25.2 Å². The normalized spacial score (nSPS) is 18.4. The van der Waals surface area contributed by atoms with E-state index >= 15 is 0 Å². The summed E-state index contributed by atoms with van der Waals surface area (Å²) in [6.45, 7) is 3.37. The molecule has 3 nitrogen and oxygen atoms in total.